The molecule has 0 saturated heterocycles. The van der Waals surface area contributed by atoms with E-state index in [0.717, 1.165) is 0 Å². The summed E-state index contributed by atoms with van der Waals surface area (Å²) in [5.74, 6) is -12.2. The third-order valence-corrected chi connectivity index (χ3v) is 2.42. The Morgan fingerprint density at radius 1 is 1.00 bits per heavy atom. The first-order chi connectivity index (χ1) is 8.81. The van der Waals surface area contributed by atoms with Crippen LogP contribution in [0.4, 0.5) is 27.6 Å². The number of anilines is 1. The molecule has 1 aromatic rings. The fourth-order valence-electron chi connectivity index (χ4n) is 1.36. The average molecular weight is 282 g/mol. The number of hydrogen-bond acceptors (Lipinski definition) is 2. The van der Waals surface area contributed by atoms with Crippen molar-refractivity contribution in [2.45, 2.75) is 6.92 Å². The molecule has 1 rings (SSSR count). The molecular weight excluding hydrogens is 271 g/mol. The Bertz CT molecular complexity index is 477. The van der Waals surface area contributed by atoms with Gasteiger partial charge in [0, 0.05) is 12.5 Å². The minimum atomic E-state index is -2.27. The summed E-state index contributed by atoms with van der Waals surface area (Å²) in [6.07, 6.45) is 0. The zero-order chi connectivity index (χ0) is 14.7. The van der Waals surface area contributed by atoms with Gasteiger partial charge >= 0.3 is 0 Å². The maximum atomic E-state index is 13.3. The summed E-state index contributed by atoms with van der Waals surface area (Å²) in [6.45, 7) is 1.61. The van der Waals surface area contributed by atoms with Crippen LogP contribution in [0.15, 0.2) is 0 Å². The first-order valence-electron chi connectivity index (χ1n) is 5.28. The van der Waals surface area contributed by atoms with E-state index in [1.54, 1.807) is 12.4 Å². The van der Waals surface area contributed by atoms with Crippen LogP contribution in [0.5, 0.6) is 0 Å². The van der Waals surface area contributed by atoms with Crippen LogP contribution >= 0.6 is 0 Å². The summed E-state index contributed by atoms with van der Waals surface area (Å²) in [6, 6.07) is 0. The SMILES string of the molecule is CNCC(C)C(=O)Nc1c(F)c(F)c(F)c(F)c1F. The van der Waals surface area contributed by atoms with E-state index in [1.165, 1.54) is 6.92 Å². The predicted molar refractivity (Wildman–Crippen MR) is 58.0 cm³/mol. The van der Waals surface area contributed by atoms with Crippen molar-refractivity contribution < 1.29 is 26.7 Å². The Balaban J connectivity index is 3.12. The van der Waals surface area contributed by atoms with Crippen LogP contribution in [0.3, 0.4) is 0 Å². The molecule has 0 aliphatic carbocycles. The highest BCUT2D eigenvalue weighted by Crippen LogP contribution is 2.27. The number of halogens is 5. The Labute approximate surface area is 105 Å². The second-order valence-electron chi connectivity index (χ2n) is 3.89. The van der Waals surface area contributed by atoms with Gasteiger partial charge < -0.3 is 10.6 Å². The molecule has 0 radical (unpaired) electrons. The molecule has 0 fully saturated rings. The van der Waals surface area contributed by atoms with Crippen LogP contribution < -0.4 is 10.6 Å². The third-order valence-electron chi connectivity index (χ3n) is 2.42. The molecule has 1 aromatic carbocycles. The monoisotopic (exact) mass is 282 g/mol. The summed E-state index contributed by atoms with van der Waals surface area (Å²) >= 11 is 0. The van der Waals surface area contributed by atoms with Crippen molar-refractivity contribution in [3.63, 3.8) is 0 Å². The van der Waals surface area contributed by atoms with Crippen molar-refractivity contribution in [3.8, 4) is 0 Å². The van der Waals surface area contributed by atoms with Crippen molar-refractivity contribution in [1.29, 1.82) is 0 Å². The van der Waals surface area contributed by atoms with Crippen LogP contribution in [-0.2, 0) is 4.79 Å². The highest BCUT2D eigenvalue weighted by Gasteiger charge is 2.27. The highest BCUT2D eigenvalue weighted by atomic mass is 19.2. The molecular formula is C11H11F5N2O. The van der Waals surface area contributed by atoms with E-state index in [1.807, 2.05) is 0 Å². The van der Waals surface area contributed by atoms with Gasteiger partial charge in [0.1, 0.15) is 5.69 Å². The highest BCUT2D eigenvalue weighted by molar-refractivity contribution is 5.92. The van der Waals surface area contributed by atoms with E-state index in [9.17, 15) is 26.7 Å². The maximum Gasteiger partial charge on any atom is 0.228 e. The van der Waals surface area contributed by atoms with E-state index in [0.29, 0.717) is 0 Å². The standard InChI is InChI=1S/C11H11F5N2O/c1-4(3-17-2)11(19)18-10-8(15)6(13)5(12)7(14)9(10)16/h4,17H,3H2,1-2H3,(H,18,19). The van der Waals surface area contributed by atoms with Crippen LogP contribution in [0.2, 0.25) is 0 Å². The van der Waals surface area contributed by atoms with Gasteiger partial charge in [-0.25, -0.2) is 22.0 Å². The van der Waals surface area contributed by atoms with Gasteiger partial charge in [-0.05, 0) is 7.05 Å². The molecule has 0 aromatic heterocycles. The molecule has 3 nitrogen and oxygen atoms in total. The average Bonchev–Trinajstić information content (AvgIpc) is 2.39. The lowest BCUT2D eigenvalue weighted by atomic mass is 10.1. The quantitative estimate of drug-likeness (QED) is 0.505. The molecule has 0 saturated carbocycles. The van der Waals surface area contributed by atoms with Crippen LogP contribution in [0.1, 0.15) is 6.92 Å². The molecule has 19 heavy (non-hydrogen) atoms. The van der Waals surface area contributed by atoms with Gasteiger partial charge in [-0.1, -0.05) is 6.92 Å². The number of amides is 1. The maximum absolute atomic E-state index is 13.3. The fraction of sp³-hybridized carbons (Fsp3) is 0.364. The number of carbonyl (C=O) groups excluding carboxylic acids is 1. The Morgan fingerprint density at radius 2 is 1.42 bits per heavy atom. The van der Waals surface area contributed by atoms with Crippen LogP contribution in [0, 0.1) is 35.0 Å². The first-order valence-corrected chi connectivity index (χ1v) is 5.28. The number of carbonyl (C=O) groups is 1. The summed E-state index contributed by atoms with van der Waals surface area (Å²) in [5, 5.41) is 4.34. The molecule has 1 atom stereocenters. The van der Waals surface area contributed by atoms with E-state index in [2.05, 4.69) is 5.32 Å². The van der Waals surface area contributed by atoms with Crippen molar-refractivity contribution in [1.82, 2.24) is 5.32 Å². The van der Waals surface area contributed by atoms with Crippen molar-refractivity contribution >= 4 is 11.6 Å². The van der Waals surface area contributed by atoms with Crippen molar-refractivity contribution in [2.24, 2.45) is 5.92 Å². The van der Waals surface area contributed by atoms with E-state index in [4.69, 9.17) is 0 Å². The largest absolute Gasteiger partial charge is 0.321 e. The smallest absolute Gasteiger partial charge is 0.228 e. The summed E-state index contributed by atoms with van der Waals surface area (Å²) in [5.41, 5.74) is -1.34. The number of rotatable bonds is 4. The van der Waals surface area contributed by atoms with Gasteiger partial charge in [0.15, 0.2) is 23.3 Å². The van der Waals surface area contributed by atoms with Gasteiger partial charge in [0.2, 0.25) is 11.7 Å². The van der Waals surface area contributed by atoms with Crippen molar-refractivity contribution in [3.05, 3.63) is 29.1 Å². The van der Waals surface area contributed by atoms with Gasteiger partial charge in [-0.15, -0.1) is 0 Å². The molecule has 0 aliphatic heterocycles. The topological polar surface area (TPSA) is 41.1 Å². The minimum Gasteiger partial charge on any atom is -0.321 e. The zero-order valence-corrected chi connectivity index (χ0v) is 10.1. The van der Waals surface area contributed by atoms with Crippen molar-refractivity contribution in [2.75, 3.05) is 18.9 Å². The lowest BCUT2D eigenvalue weighted by Crippen LogP contribution is -2.29. The molecule has 0 heterocycles. The first kappa shape index (κ1) is 15.4. The molecule has 2 N–H and O–H groups in total. The summed E-state index contributed by atoms with van der Waals surface area (Å²) in [7, 11) is 1.54. The normalized spacial score (nSPS) is 12.4. The Morgan fingerprint density at radius 3 is 1.84 bits per heavy atom. The lowest BCUT2D eigenvalue weighted by Gasteiger charge is -2.13. The fourth-order valence-corrected chi connectivity index (χ4v) is 1.36. The predicted octanol–water partition coefficient (Wildman–Crippen LogP) is 2.18. The molecule has 0 aliphatic rings. The van der Waals surface area contributed by atoms with Gasteiger partial charge in [-0.3, -0.25) is 4.79 Å². The third kappa shape index (κ3) is 3.01. The molecule has 1 amide bonds. The molecule has 106 valence electrons. The van der Waals surface area contributed by atoms with Gasteiger partial charge in [0.25, 0.3) is 0 Å². The summed E-state index contributed by atoms with van der Waals surface area (Å²) < 4.78 is 65.0. The molecule has 0 bridgehead atoms. The van der Waals surface area contributed by atoms with Crippen LogP contribution in [-0.4, -0.2) is 19.5 Å². The zero-order valence-electron chi connectivity index (χ0n) is 10.1. The van der Waals surface area contributed by atoms with Gasteiger partial charge in [0.05, 0.1) is 0 Å². The van der Waals surface area contributed by atoms with Crippen LogP contribution in [0.25, 0.3) is 0 Å². The number of benzene rings is 1. The molecule has 8 heteroatoms. The second kappa shape index (κ2) is 5.96. The van der Waals surface area contributed by atoms with E-state index < -0.39 is 46.6 Å². The number of hydrogen-bond donors (Lipinski definition) is 2. The lowest BCUT2D eigenvalue weighted by molar-refractivity contribution is -0.119. The minimum absolute atomic E-state index is 0.182. The molecule has 0 spiro atoms. The number of nitrogens with one attached hydrogen (secondary N) is 2. The Hall–Kier alpha value is -1.70. The molecule has 1 unspecified atom stereocenters. The van der Waals surface area contributed by atoms with Gasteiger partial charge in [-0.2, -0.15) is 0 Å². The van der Waals surface area contributed by atoms with E-state index in [-0.39, 0.29) is 6.54 Å². The Kier molecular flexibility index (Phi) is 4.82. The second-order valence-corrected chi connectivity index (χ2v) is 3.89. The van der Waals surface area contributed by atoms with E-state index >= 15 is 0 Å². The summed E-state index contributed by atoms with van der Waals surface area (Å²) in [4.78, 5) is 11.5.